The zero-order chi connectivity index (χ0) is 11.4. The van der Waals surface area contributed by atoms with Crippen LogP contribution < -0.4 is 5.32 Å². The summed E-state index contributed by atoms with van der Waals surface area (Å²) in [6, 6.07) is 2.36. The minimum atomic E-state index is 0.133. The number of likely N-dealkylation sites (N-methyl/N-ethyl adjacent to an activating group) is 1. The van der Waals surface area contributed by atoms with Gasteiger partial charge in [-0.3, -0.25) is 4.79 Å². The van der Waals surface area contributed by atoms with Gasteiger partial charge in [0, 0.05) is 25.0 Å². The first-order valence-corrected chi connectivity index (χ1v) is 6.72. The molecule has 0 aromatic carbocycles. The molecule has 1 saturated heterocycles. The molecule has 1 N–H and O–H groups in total. The SMILES string of the molecule is CN(C[C@@H]1CCCCN1)C(=O)c1ccsc1. The molecule has 0 spiro atoms. The Morgan fingerprint density at radius 2 is 2.50 bits per heavy atom. The largest absolute Gasteiger partial charge is 0.340 e. The van der Waals surface area contributed by atoms with Crippen LogP contribution in [0.1, 0.15) is 29.6 Å². The summed E-state index contributed by atoms with van der Waals surface area (Å²) in [5.74, 6) is 0.133. The summed E-state index contributed by atoms with van der Waals surface area (Å²) in [5.41, 5.74) is 0.809. The summed E-state index contributed by atoms with van der Waals surface area (Å²) < 4.78 is 0. The Labute approximate surface area is 100 Å². The molecule has 1 amide bonds. The predicted molar refractivity (Wildman–Crippen MR) is 66.9 cm³/mol. The molecule has 16 heavy (non-hydrogen) atoms. The van der Waals surface area contributed by atoms with Gasteiger partial charge in [0.2, 0.25) is 0 Å². The lowest BCUT2D eigenvalue weighted by Crippen LogP contribution is -2.44. The third-order valence-corrected chi connectivity index (χ3v) is 3.70. The van der Waals surface area contributed by atoms with E-state index in [1.165, 1.54) is 19.3 Å². The summed E-state index contributed by atoms with van der Waals surface area (Å²) in [5, 5.41) is 7.31. The Balaban J connectivity index is 1.87. The fraction of sp³-hybridized carbons (Fsp3) is 0.583. The van der Waals surface area contributed by atoms with Crippen molar-refractivity contribution in [2.75, 3.05) is 20.1 Å². The lowest BCUT2D eigenvalue weighted by Gasteiger charge is -2.28. The molecule has 0 saturated carbocycles. The number of thiophene rings is 1. The number of nitrogens with zero attached hydrogens (tertiary/aromatic N) is 1. The number of hydrogen-bond acceptors (Lipinski definition) is 3. The second-order valence-electron chi connectivity index (χ2n) is 4.34. The third-order valence-electron chi connectivity index (χ3n) is 3.02. The van der Waals surface area contributed by atoms with Crippen LogP contribution in [-0.2, 0) is 0 Å². The number of amides is 1. The average Bonchev–Trinajstić information content (AvgIpc) is 2.83. The minimum Gasteiger partial charge on any atom is -0.340 e. The fourth-order valence-electron chi connectivity index (χ4n) is 2.10. The van der Waals surface area contributed by atoms with Crippen molar-refractivity contribution in [3.63, 3.8) is 0 Å². The first-order valence-electron chi connectivity index (χ1n) is 5.78. The monoisotopic (exact) mass is 238 g/mol. The molecule has 0 radical (unpaired) electrons. The van der Waals surface area contributed by atoms with Crippen molar-refractivity contribution in [3.8, 4) is 0 Å². The first-order chi connectivity index (χ1) is 7.77. The molecule has 1 atom stereocenters. The number of hydrogen-bond donors (Lipinski definition) is 1. The van der Waals surface area contributed by atoms with E-state index in [-0.39, 0.29) is 5.91 Å². The fourth-order valence-corrected chi connectivity index (χ4v) is 2.73. The lowest BCUT2D eigenvalue weighted by atomic mass is 10.0. The molecule has 1 fully saturated rings. The standard InChI is InChI=1S/C12H18N2OS/c1-14(8-11-4-2-3-6-13-11)12(15)10-5-7-16-9-10/h5,7,9,11,13H,2-4,6,8H2,1H3/t11-/m0/s1. The van der Waals surface area contributed by atoms with Crippen LogP contribution in [0.2, 0.25) is 0 Å². The maximum atomic E-state index is 12.0. The molecule has 1 aliphatic heterocycles. The van der Waals surface area contributed by atoms with E-state index >= 15 is 0 Å². The number of rotatable bonds is 3. The van der Waals surface area contributed by atoms with Gasteiger partial charge in [-0.1, -0.05) is 6.42 Å². The van der Waals surface area contributed by atoms with Crippen molar-refractivity contribution in [3.05, 3.63) is 22.4 Å². The molecular weight excluding hydrogens is 220 g/mol. The second kappa shape index (κ2) is 5.46. The van der Waals surface area contributed by atoms with Gasteiger partial charge in [0.05, 0.1) is 5.56 Å². The maximum Gasteiger partial charge on any atom is 0.254 e. The summed E-state index contributed by atoms with van der Waals surface area (Å²) in [7, 11) is 1.89. The van der Waals surface area contributed by atoms with Crippen molar-refractivity contribution in [2.45, 2.75) is 25.3 Å². The van der Waals surface area contributed by atoms with Crippen LogP contribution in [-0.4, -0.2) is 37.0 Å². The van der Waals surface area contributed by atoms with Gasteiger partial charge in [-0.25, -0.2) is 0 Å². The maximum absolute atomic E-state index is 12.0. The van der Waals surface area contributed by atoms with Crippen molar-refractivity contribution >= 4 is 17.2 Å². The highest BCUT2D eigenvalue weighted by Crippen LogP contribution is 2.11. The van der Waals surface area contributed by atoms with Crippen molar-refractivity contribution < 1.29 is 4.79 Å². The molecule has 0 bridgehead atoms. The van der Waals surface area contributed by atoms with Gasteiger partial charge in [-0.2, -0.15) is 11.3 Å². The van der Waals surface area contributed by atoms with E-state index < -0.39 is 0 Å². The van der Waals surface area contributed by atoms with E-state index in [1.807, 2.05) is 28.8 Å². The Morgan fingerprint density at radius 3 is 3.12 bits per heavy atom. The molecule has 1 aliphatic rings. The molecule has 3 nitrogen and oxygen atoms in total. The molecule has 2 heterocycles. The Morgan fingerprint density at radius 1 is 1.62 bits per heavy atom. The second-order valence-corrected chi connectivity index (χ2v) is 5.12. The Hall–Kier alpha value is -0.870. The molecule has 0 aliphatic carbocycles. The van der Waals surface area contributed by atoms with E-state index in [9.17, 15) is 4.79 Å². The van der Waals surface area contributed by atoms with Crippen LogP contribution in [0.4, 0.5) is 0 Å². The number of piperidine rings is 1. The zero-order valence-electron chi connectivity index (χ0n) is 9.61. The molecule has 88 valence electrons. The smallest absolute Gasteiger partial charge is 0.254 e. The van der Waals surface area contributed by atoms with Gasteiger partial charge in [0.1, 0.15) is 0 Å². The van der Waals surface area contributed by atoms with Gasteiger partial charge in [-0.15, -0.1) is 0 Å². The van der Waals surface area contributed by atoms with Gasteiger partial charge in [0.15, 0.2) is 0 Å². The van der Waals surface area contributed by atoms with Crippen LogP contribution in [0, 0.1) is 0 Å². The van der Waals surface area contributed by atoms with Crippen molar-refractivity contribution in [1.29, 1.82) is 0 Å². The van der Waals surface area contributed by atoms with Crippen LogP contribution in [0.25, 0.3) is 0 Å². The topological polar surface area (TPSA) is 32.3 Å². The number of carbonyl (C=O) groups is 1. The molecule has 4 heteroatoms. The molecule has 1 aromatic heterocycles. The highest BCUT2D eigenvalue weighted by atomic mass is 32.1. The van der Waals surface area contributed by atoms with Gasteiger partial charge < -0.3 is 10.2 Å². The van der Waals surface area contributed by atoms with E-state index in [4.69, 9.17) is 0 Å². The summed E-state index contributed by atoms with van der Waals surface area (Å²) in [6.45, 7) is 1.90. The Kier molecular flexibility index (Phi) is 3.96. The highest BCUT2D eigenvalue weighted by Gasteiger charge is 2.18. The molecular formula is C12H18N2OS. The van der Waals surface area contributed by atoms with Gasteiger partial charge >= 0.3 is 0 Å². The van der Waals surface area contributed by atoms with Crippen molar-refractivity contribution in [2.24, 2.45) is 0 Å². The van der Waals surface area contributed by atoms with Crippen LogP contribution >= 0.6 is 11.3 Å². The van der Waals surface area contributed by atoms with Crippen LogP contribution in [0.3, 0.4) is 0 Å². The van der Waals surface area contributed by atoms with E-state index in [0.29, 0.717) is 6.04 Å². The average molecular weight is 238 g/mol. The van der Waals surface area contributed by atoms with Gasteiger partial charge in [-0.05, 0) is 30.8 Å². The van der Waals surface area contributed by atoms with E-state index in [1.54, 1.807) is 11.3 Å². The van der Waals surface area contributed by atoms with Gasteiger partial charge in [0.25, 0.3) is 5.91 Å². The summed E-state index contributed by atoms with van der Waals surface area (Å²) >= 11 is 1.57. The van der Waals surface area contributed by atoms with E-state index in [2.05, 4.69) is 5.32 Å². The molecule has 1 aromatic rings. The predicted octanol–water partition coefficient (Wildman–Crippen LogP) is 1.96. The summed E-state index contributed by atoms with van der Waals surface area (Å²) in [4.78, 5) is 13.8. The minimum absolute atomic E-state index is 0.133. The quantitative estimate of drug-likeness (QED) is 0.873. The lowest BCUT2D eigenvalue weighted by molar-refractivity contribution is 0.0776. The van der Waals surface area contributed by atoms with Crippen LogP contribution in [0.5, 0.6) is 0 Å². The third kappa shape index (κ3) is 2.83. The molecule has 2 rings (SSSR count). The summed E-state index contributed by atoms with van der Waals surface area (Å²) in [6.07, 6.45) is 3.72. The van der Waals surface area contributed by atoms with Crippen LogP contribution in [0.15, 0.2) is 16.8 Å². The normalized spacial score (nSPS) is 20.7. The first kappa shape index (κ1) is 11.6. The number of carbonyl (C=O) groups excluding carboxylic acids is 1. The highest BCUT2D eigenvalue weighted by molar-refractivity contribution is 7.08. The Bertz CT molecular complexity index is 331. The van der Waals surface area contributed by atoms with Crippen molar-refractivity contribution in [1.82, 2.24) is 10.2 Å². The molecule has 0 unspecified atom stereocenters. The van der Waals surface area contributed by atoms with E-state index in [0.717, 1.165) is 18.7 Å². The number of nitrogens with one attached hydrogen (secondary N) is 1. The zero-order valence-corrected chi connectivity index (χ0v) is 10.4.